The molecule has 0 heterocycles. The summed E-state index contributed by atoms with van der Waals surface area (Å²) in [5.74, 6) is -1.62. The van der Waals surface area contributed by atoms with E-state index in [1.165, 1.54) is 12.1 Å². The number of alkyl halides is 1. The van der Waals surface area contributed by atoms with Crippen molar-refractivity contribution in [1.82, 2.24) is 0 Å². The molecule has 1 aromatic rings. The number of non-ortho nitro benzene ring substituents is 1. The van der Waals surface area contributed by atoms with E-state index in [0.717, 1.165) is 12.1 Å². The summed E-state index contributed by atoms with van der Waals surface area (Å²) in [5, 5.41) is 18.4. The number of hydrogen-bond donors (Lipinski definition) is 3. The van der Waals surface area contributed by atoms with Crippen LogP contribution in [0.15, 0.2) is 29.2 Å². The number of aliphatic carboxylic acids is 1. The van der Waals surface area contributed by atoms with E-state index >= 15 is 0 Å². The van der Waals surface area contributed by atoms with Gasteiger partial charge in [0.05, 0.1) is 21.0 Å². The molecular weight excluding hydrogens is 317 g/mol. The molecule has 5 N–H and O–H groups in total. The van der Waals surface area contributed by atoms with E-state index in [2.05, 4.69) is 0 Å². The Morgan fingerprint density at radius 1 is 1.45 bits per heavy atom. The van der Waals surface area contributed by atoms with Crippen molar-refractivity contribution in [1.29, 1.82) is 0 Å². The summed E-state index contributed by atoms with van der Waals surface area (Å²) in [5.41, 5.74) is 8.37. The summed E-state index contributed by atoms with van der Waals surface area (Å²) in [6, 6.07) is 4.69. The number of carboxylic acid groups (broad SMARTS) is 1. The monoisotopic (exact) mass is 333 g/mol. The van der Waals surface area contributed by atoms with Gasteiger partial charge >= 0.3 is 5.97 Å². The minimum absolute atomic E-state index is 0.0321. The van der Waals surface area contributed by atoms with Gasteiger partial charge in [0.25, 0.3) is 5.69 Å². The van der Waals surface area contributed by atoms with Crippen LogP contribution in [-0.4, -0.2) is 44.2 Å². The number of nitro groups is 1. The number of nitrogens with two attached hydrogens (primary N) is 2. The second-order valence-corrected chi connectivity index (χ2v) is 6.23. The SMILES string of the molecule is NCCC(S(=O)c1ccc([N+](=O)[O-])cc1)C(N)(CF)C(=O)O. The lowest BCUT2D eigenvalue weighted by Crippen LogP contribution is -2.61. The lowest BCUT2D eigenvalue weighted by molar-refractivity contribution is -0.384. The fourth-order valence-corrected chi connectivity index (χ4v) is 3.48. The van der Waals surface area contributed by atoms with E-state index in [1.807, 2.05) is 0 Å². The second-order valence-electron chi connectivity index (χ2n) is 4.59. The largest absolute Gasteiger partial charge is 0.480 e. The fourth-order valence-electron chi connectivity index (χ4n) is 1.85. The molecule has 1 rings (SSSR count). The Balaban J connectivity index is 3.18. The molecule has 1 aromatic carbocycles. The van der Waals surface area contributed by atoms with Gasteiger partial charge in [0.2, 0.25) is 0 Å². The van der Waals surface area contributed by atoms with Crippen molar-refractivity contribution >= 4 is 22.5 Å². The molecule has 3 unspecified atom stereocenters. The highest BCUT2D eigenvalue weighted by molar-refractivity contribution is 7.85. The summed E-state index contributed by atoms with van der Waals surface area (Å²) in [7, 11) is -1.98. The molecule has 0 spiro atoms. The third kappa shape index (κ3) is 3.64. The van der Waals surface area contributed by atoms with Crippen LogP contribution < -0.4 is 11.5 Å². The normalized spacial score (nSPS) is 16.5. The summed E-state index contributed by atoms with van der Waals surface area (Å²) in [4.78, 5) is 21.3. The minimum atomic E-state index is -2.34. The first-order chi connectivity index (χ1) is 10.3. The molecule has 0 aliphatic heterocycles. The molecule has 22 heavy (non-hydrogen) atoms. The Labute approximate surface area is 127 Å². The molecular formula is C12H16FN3O5S. The third-order valence-corrected chi connectivity index (χ3v) is 5.07. The molecule has 3 atom stereocenters. The molecule has 0 radical (unpaired) electrons. The minimum Gasteiger partial charge on any atom is -0.480 e. The maximum atomic E-state index is 13.1. The molecule has 0 bridgehead atoms. The van der Waals surface area contributed by atoms with Crippen LogP contribution in [0.5, 0.6) is 0 Å². The summed E-state index contributed by atoms with van der Waals surface area (Å²) >= 11 is 0. The van der Waals surface area contributed by atoms with Crippen molar-refractivity contribution in [3.05, 3.63) is 34.4 Å². The van der Waals surface area contributed by atoms with Crippen LogP contribution in [0.1, 0.15) is 6.42 Å². The van der Waals surface area contributed by atoms with Crippen molar-refractivity contribution in [2.24, 2.45) is 11.5 Å². The first-order valence-electron chi connectivity index (χ1n) is 6.21. The van der Waals surface area contributed by atoms with E-state index in [4.69, 9.17) is 16.6 Å². The Bertz CT molecular complexity index is 583. The summed E-state index contributed by atoms with van der Waals surface area (Å²) < 4.78 is 25.6. The lowest BCUT2D eigenvalue weighted by Gasteiger charge is -2.30. The van der Waals surface area contributed by atoms with Crippen LogP contribution in [0.25, 0.3) is 0 Å². The van der Waals surface area contributed by atoms with Crippen molar-refractivity contribution in [3.8, 4) is 0 Å². The van der Waals surface area contributed by atoms with Gasteiger partial charge in [-0.25, -0.2) is 4.39 Å². The van der Waals surface area contributed by atoms with Crippen LogP contribution >= 0.6 is 0 Å². The predicted molar refractivity (Wildman–Crippen MR) is 77.5 cm³/mol. The molecule has 0 saturated carbocycles. The van der Waals surface area contributed by atoms with Gasteiger partial charge in [-0.3, -0.25) is 19.1 Å². The van der Waals surface area contributed by atoms with Crippen LogP contribution in [-0.2, 0) is 15.6 Å². The van der Waals surface area contributed by atoms with Gasteiger partial charge < -0.3 is 16.6 Å². The fraction of sp³-hybridized carbons (Fsp3) is 0.417. The van der Waals surface area contributed by atoms with Crippen LogP contribution in [0.2, 0.25) is 0 Å². The van der Waals surface area contributed by atoms with Gasteiger partial charge in [0.1, 0.15) is 6.67 Å². The maximum Gasteiger partial charge on any atom is 0.327 e. The highest BCUT2D eigenvalue weighted by atomic mass is 32.2. The van der Waals surface area contributed by atoms with Gasteiger partial charge in [-0.1, -0.05) is 0 Å². The molecule has 0 aliphatic carbocycles. The Hall–Kier alpha value is -1.91. The third-order valence-electron chi connectivity index (χ3n) is 3.16. The Kier molecular flexibility index (Phi) is 6.09. The molecule has 10 heteroatoms. The van der Waals surface area contributed by atoms with Crippen LogP contribution in [0.3, 0.4) is 0 Å². The zero-order chi connectivity index (χ0) is 16.9. The first kappa shape index (κ1) is 18.1. The number of halogens is 1. The number of carboxylic acids is 1. The standard InChI is InChI=1S/C12H16FN3O5S/c13-7-12(15,11(17)18)10(5-6-14)22(21)9-3-1-8(2-4-9)16(19)20/h1-4,10H,5-7,14-15H2,(H,17,18). The number of benzene rings is 1. The predicted octanol–water partition coefficient (Wildman–Crippen LogP) is 0.171. The smallest absolute Gasteiger partial charge is 0.327 e. The molecule has 0 saturated heterocycles. The van der Waals surface area contributed by atoms with E-state index in [-0.39, 0.29) is 23.5 Å². The number of nitrogens with zero attached hydrogens (tertiary/aromatic N) is 1. The van der Waals surface area contributed by atoms with Gasteiger partial charge in [-0.2, -0.15) is 0 Å². The van der Waals surface area contributed by atoms with E-state index in [0.29, 0.717) is 0 Å². The van der Waals surface area contributed by atoms with E-state index in [1.54, 1.807) is 0 Å². The summed E-state index contributed by atoms with van der Waals surface area (Å²) in [6.45, 7) is -1.44. The van der Waals surface area contributed by atoms with E-state index in [9.17, 15) is 23.5 Å². The van der Waals surface area contributed by atoms with E-state index < -0.39 is 39.2 Å². The molecule has 0 amide bonds. The zero-order valence-electron chi connectivity index (χ0n) is 11.5. The zero-order valence-corrected chi connectivity index (χ0v) is 12.3. The van der Waals surface area contributed by atoms with Crippen molar-refractivity contribution in [2.45, 2.75) is 22.1 Å². The average Bonchev–Trinajstić information content (AvgIpc) is 2.51. The maximum absolute atomic E-state index is 13.1. The number of nitro benzene ring substituents is 1. The first-order valence-corrected chi connectivity index (χ1v) is 7.42. The average molecular weight is 333 g/mol. The van der Waals surface area contributed by atoms with Gasteiger partial charge in [0.15, 0.2) is 5.54 Å². The molecule has 0 fully saturated rings. The molecule has 0 aromatic heterocycles. The lowest BCUT2D eigenvalue weighted by atomic mass is 9.96. The highest BCUT2D eigenvalue weighted by Crippen LogP contribution is 2.24. The topological polar surface area (TPSA) is 150 Å². The van der Waals surface area contributed by atoms with Crippen LogP contribution in [0.4, 0.5) is 10.1 Å². The highest BCUT2D eigenvalue weighted by Gasteiger charge is 2.46. The quantitative estimate of drug-likeness (QED) is 0.453. The van der Waals surface area contributed by atoms with Crippen molar-refractivity contribution in [2.75, 3.05) is 13.2 Å². The van der Waals surface area contributed by atoms with Crippen molar-refractivity contribution in [3.63, 3.8) is 0 Å². The summed E-state index contributed by atoms with van der Waals surface area (Å²) in [6.07, 6.45) is -0.0731. The molecule has 122 valence electrons. The Morgan fingerprint density at radius 3 is 2.36 bits per heavy atom. The van der Waals surface area contributed by atoms with Gasteiger partial charge in [0, 0.05) is 17.0 Å². The van der Waals surface area contributed by atoms with Crippen LogP contribution in [0, 0.1) is 10.1 Å². The number of carbonyl (C=O) groups is 1. The Morgan fingerprint density at radius 2 is 2.00 bits per heavy atom. The van der Waals surface area contributed by atoms with Gasteiger partial charge in [-0.15, -0.1) is 0 Å². The van der Waals surface area contributed by atoms with Gasteiger partial charge in [-0.05, 0) is 25.1 Å². The van der Waals surface area contributed by atoms with Crippen molar-refractivity contribution < 1.29 is 23.4 Å². The molecule has 8 nitrogen and oxygen atoms in total. The number of rotatable bonds is 8. The molecule has 0 aliphatic rings. The number of hydrogen-bond acceptors (Lipinski definition) is 6. The second kappa shape index (κ2) is 7.38.